The van der Waals surface area contributed by atoms with Gasteiger partial charge in [0.2, 0.25) is 0 Å². The summed E-state index contributed by atoms with van der Waals surface area (Å²) in [4.78, 5) is 21.2. The number of carbonyl (C=O) groups excluding carboxylic acids is 1. The monoisotopic (exact) mass is 222 g/mol. The number of carbonyl (C=O) groups is 1. The number of terminal acetylenes is 1. The molecule has 0 aliphatic heterocycles. The molecule has 0 unspecified atom stereocenters. The zero-order valence-corrected chi connectivity index (χ0v) is 8.07. The van der Waals surface area contributed by atoms with E-state index in [1.165, 1.54) is 0 Å². The summed E-state index contributed by atoms with van der Waals surface area (Å²) in [6, 6.07) is 2.64. The molecule has 0 aliphatic carbocycles. The van der Waals surface area contributed by atoms with Crippen molar-refractivity contribution in [3.8, 4) is 12.3 Å². The molecule has 1 aromatic carbocycles. The Kier molecular flexibility index (Phi) is 3.56. The third-order valence-corrected chi connectivity index (χ3v) is 1.75. The van der Waals surface area contributed by atoms with E-state index in [0.717, 1.165) is 18.2 Å². The molecule has 1 rings (SSSR count). The predicted octanol–water partition coefficient (Wildman–Crippen LogP) is 1.10. The molecule has 16 heavy (non-hydrogen) atoms. The van der Waals surface area contributed by atoms with E-state index in [9.17, 15) is 19.3 Å². The largest absolute Gasteiger partial charge is 0.341 e. The van der Waals surface area contributed by atoms with Gasteiger partial charge in [-0.25, -0.2) is 4.39 Å². The SMILES string of the molecule is C#CCNC(=O)c1cc(F)ccc1[N+](=O)[O-]. The number of nitro benzene ring substituents is 1. The van der Waals surface area contributed by atoms with Crippen LogP contribution in [-0.4, -0.2) is 17.4 Å². The molecule has 82 valence electrons. The highest BCUT2D eigenvalue weighted by molar-refractivity contribution is 5.98. The molecule has 0 fully saturated rings. The van der Waals surface area contributed by atoms with Crippen LogP contribution in [0.15, 0.2) is 18.2 Å². The van der Waals surface area contributed by atoms with Gasteiger partial charge in [0.15, 0.2) is 0 Å². The molecule has 1 aromatic rings. The molecule has 0 spiro atoms. The van der Waals surface area contributed by atoms with E-state index in [1.54, 1.807) is 0 Å². The fourth-order valence-electron chi connectivity index (χ4n) is 1.08. The zero-order valence-electron chi connectivity index (χ0n) is 8.07. The lowest BCUT2D eigenvalue weighted by Gasteiger charge is -2.02. The van der Waals surface area contributed by atoms with Gasteiger partial charge in [0.1, 0.15) is 11.4 Å². The van der Waals surface area contributed by atoms with Crippen molar-refractivity contribution in [3.63, 3.8) is 0 Å². The van der Waals surface area contributed by atoms with Crippen molar-refractivity contribution in [2.24, 2.45) is 0 Å². The molecule has 0 radical (unpaired) electrons. The second-order valence-electron chi connectivity index (χ2n) is 2.81. The van der Waals surface area contributed by atoms with Gasteiger partial charge in [0, 0.05) is 6.07 Å². The first-order chi connectivity index (χ1) is 7.56. The van der Waals surface area contributed by atoms with E-state index < -0.39 is 22.3 Å². The summed E-state index contributed by atoms with van der Waals surface area (Å²) < 4.78 is 12.9. The average molecular weight is 222 g/mol. The van der Waals surface area contributed by atoms with Gasteiger partial charge in [-0.15, -0.1) is 6.42 Å². The van der Waals surface area contributed by atoms with Crippen molar-refractivity contribution in [2.75, 3.05) is 6.54 Å². The Morgan fingerprint density at radius 2 is 2.31 bits per heavy atom. The first-order valence-corrected chi connectivity index (χ1v) is 4.22. The van der Waals surface area contributed by atoms with E-state index in [-0.39, 0.29) is 12.1 Å². The third-order valence-electron chi connectivity index (χ3n) is 1.75. The summed E-state index contributed by atoms with van der Waals surface area (Å²) in [6.45, 7) is -0.0769. The highest BCUT2D eigenvalue weighted by Crippen LogP contribution is 2.19. The van der Waals surface area contributed by atoms with Gasteiger partial charge in [-0.05, 0) is 12.1 Å². The maximum Gasteiger partial charge on any atom is 0.282 e. The molecular weight excluding hydrogens is 215 g/mol. The smallest absolute Gasteiger partial charge is 0.282 e. The lowest BCUT2D eigenvalue weighted by molar-refractivity contribution is -0.385. The Morgan fingerprint density at radius 3 is 2.88 bits per heavy atom. The number of halogens is 1. The lowest BCUT2D eigenvalue weighted by Crippen LogP contribution is -2.24. The summed E-state index contributed by atoms with van der Waals surface area (Å²) in [5.74, 6) is 0.637. The molecule has 0 aliphatic rings. The molecule has 0 saturated heterocycles. The van der Waals surface area contributed by atoms with Crippen molar-refractivity contribution in [3.05, 3.63) is 39.7 Å². The van der Waals surface area contributed by atoms with Crippen LogP contribution in [0.4, 0.5) is 10.1 Å². The van der Waals surface area contributed by atoms with Gasteiger partial charge in [-0.3, -0.25) is 14.9 Å². The minimum Gasteiger partial charge on any atom is -0.341 e. The molecule has 0 saturated carbocycles. The van der Waals surface area contributed by atoms with Crippen LogP contribution in [0.3, 0.4) is 0 Å². The van der Waals surface area contributed by atoms with Crippen molar-refractivity contribution in [2.45, 2.75) is 0 Å². The Morgan fingerprint density at radius 1 is 1.62 bits per heavy atom. The first-order valence-electron chi connectivity index (χ1n) is 4.22. The number of amides is 1. The molecule has 0 aromatic heterocycles. The lowest BCUT2D eigenvalue weighted by atomic mass is 10.1. The summed E-state index contributed by atoms with van der Waals surface area (Å²) in [5, 5.41) is 12.8. The molecule has 1 amide bonds. The Hall–Kier alpha value is -2.42. The zero-order chi connectivity index (χ0) is 12.1. The van der Waals surface area contributed by atoms with Crippen LogP contribution in [0.5, 0.6) is 0 Å². The highest BCUT2D eigenvalue weighted by Gasteiger charge is 2.20. The Bertz CT molecular complexity index is 479. The number of nitro groups is 1. The molecule has 0 bridgehead atoms. The van der Waals surface area contributed by atoms with Gasteiger partial charge in [0.25, 0.3) is 11.6 Å². The molecule has 6 heteroatoms. The van der Waals surface area contributed by atoms with E-state index in [1.807, 2.05) is 0 Å². The van der Waals surface area contributed by atoms with Crippen LogP contribution in [0.25, 0.3) is 0 Å². The number of benzene rings is 1. The molecule has 5 nitrogen and oxygen atoms in total. The molecule has 0 atom stereocenters. The van der Waals surface area contributed by atoms with Crippen molar-refractivity contribution >= 4 is 11.6 Å². The van der Waals surface area contributed by atoms with Gasteiger partial charge in [-0.1, -0.05) is 5.92 Å². The fourth-order valence-corrected chi connectivity index (χ4v) is 1.08. The summed E-state index contributed by atoms with van der Waals surface area (Å²) in [6.07, 6.45) is 4.91. The number of hydrogen-bond donors (Lipinski definition) is 1. The van der Waals surface area contributed by atoms with Crippen molar-refractivity contribution < 1.29 is 14.1 Å². The Balaban J connectivity index is 3.10. The molecule has 1 N–H and O–H groups in total. The average Bonchev–Trinajstić information content (AvgIpc) is 2.25. The van der Waals surface area contributed by atoms with E-state index in [4.69, 9.17) is 6.42 Å². The van der Waals surface area contributed by atoms with Crippen LogP contribution < -0.4 is 5.32 Å². The summed E-state index contributed by atoms with van der Waals surface area (Å²) in [7, 11) is 0. The van der Waals surface area contributed by atoms with Gasteiger partial charge >= 0.3 is 0 Å². The van der Waals surface area contributed by atoms with Crippen LogP contribution in [0.2, 0.25) is 0 Å². The summed E-state index contributed by atoms with van der Waals surface area (Å²) in [5.41, 5.74) is -0.809. The Labute approximate surface area is 90.4 Å². The first kappa shape index (κ1) is 11.7. The van der Waals surface area contributed by atoms with Crippen LogP contribution in [0.1, 0.15) is 10.4 Å². The number of nitrogens with one attached hydrogen (secondary N) is 1. The third kappa shape index (κ3) is 2.54. The van der Waals surface area contributed by atoms with Gasteiger partial charge < -0.3 is 5.32 Å². The quantitative estimate of drug-likeness (QED) is 0.472. The second-order valence-corrected chi connectivity index (χ2v) is 2.81. The van der Waals surface area contributed by atoms with E-state index >= 15 is 0 Å². The van der Waals surface area contributed by atoms with Crippen LogP contribution in [0, 0.1) is 28.3 Å². The van der Waals surface area contributed by atoms with E-state index in [0.29, 0.717) is 0 Å². The summed E-state index contributed by atoms with van der Waals surface area (Å²) >= 11 is 0. The maximum absolute atomic E-state index is 12.9. The fraction of sp³-hybridized carbons (Fsp3) is 0.100. The molecule has 0 heterocycles. The van der Waals surface area contributed by atoms with Gasteiger partial charge in [0.05, 0.1) is 11.5 Å². The minimum absolute atomic E-state index is 0.0769. The minimum atomic E-state index is -0.774. The highest BCUT2D eigenvalue weighted by atomic mass is 19.1. The van der Waals surface area contributed by atoms with Gasteiger partial charge in [-0.2, -0.15) is 0 Å². The normalized spacial score (nSPS) is 9.25. The number of nitrogens with zero attached hydrogens (tertiary/aromatic N) is 1. The van der Waals surface area contributed by atoms with E-state index in [2.05, 4.69) is 11.2 Å². The maximum atomic E-state index is 12.9. The number of hydrogen-bond acceptors (Lipinski definition) is 3. The van der Waals surface area contributed by atoms with Crippen LogP contribution >= 0.6 is 0 Å². The van der Waals surface area contributed by atoms with Crippen molar-refractivity contribution in [1.29, 1.82) is 0 Å². The molecular formula is C10H7FN2O3. The topological polar surface area (TPSA) is 72.2 Å². The van der Waals surface area contributed by atoms with Crippen molar-refractivity contribution in [1.82, 2.24) is 5.32 Å². The van der Waals surface area contributed by atoms with Crippen LogP contribution in [-0.2, 0) is 0 Å². The number of rotatable bonds is 3. The predicted molar refractivity (Wildman–Crippen MR) is 54.2 cm³/mol. The second kappa shape index (κ2) is 4.89. The standard InChI is InChI=1S/C10H7FN2O3/c1-2-5-12-10(14)8-6-7(11)3-4-9(8)13(15)16/h1,3-4,6H,5H2,(H,12,14).